The van der Waals surface area contributed by atoms with Crippen molar-refractivity contribution in [1.82, 2.24) is 10.2 Å². The molecule has 0 saturated heterocycles. The average Bonchev–Trinajstić information content (AvgIpc) is 2.37. The average molecular weight is 248 g/mol. The summed E-state index contributed by atoms with van der Waals surface area (Å²) < 4.78 is 18.1. The number of benzene rings is 1. The molecule has 18 heavy (non-hydrogen) atoms. The molecule has 0 saturated carbocycles. The van der Waals surface area contributed by atoms with Crippen molar-refractivity contribution in [2.75, 3.05) is 7.11 Å². The van der Waals surface area contributed by atoms with Gasteiger partial charge in [0.25, 0.3) is 5.56 Å². The summed E-state index contributed by atoms with van der Waals surface area (Å²) in [5.74, 6) is -1.46. The standard InChI is InChI=1S/C12H9FN2O3/c1-18-12(17)9-3-2-7(4-10(9)13)8-5-11(16)15-14-6-8/h2-6H,1H3,(H,15,16). The molecule has 2 rings (SSSR count). The van der Waals surface area contributed by atoms with Gasteiger partial charge < -0.3 is 4.74 Å². The lowest BCUT2D eigenvalue weighted by atomic mass is 10.1. The number of aromatic nitrogens is 2. The van der Waals surface area contributed by atoms with E-state index in [2.05, 4.69) is 14.9 Å². The molecule has 92 valence electrons. The van der Waals surface area contributed by atoms with E-state index in [0.29, 0.717) is 11.1 Å². The topological polar surface area (TPSA) is 72.0 Å². The zero-order chi connectivity index (χ0) is 13.1. The van der Waals surface area contributed by atoms with E-state index in [9.17, 15) is 14.0 Å². The van der Waals surface area contributed by atoms with Crippen LogP contribution in [0, 0.1) is 5.82 Å². The Hall–Kier alpha value is -2.50. The zero-order valence-corrected chi connectivity index (χ0v) is 9.44. The molecule has 0 spiro atoms. The van der Waals surface area contributed by atoms with Crippen LogP contribution in [0.1, 0.15) is 10.4 Å². The molecule has 1 aromatic heterocycles. The number of aromatic amines is 1. The monoisotopic (exact) mass is 248 g/mol. The number of nitrogens with zero attached hydrogens (tertiary/aromatic N) is 1. The van der Waals surface area contributed by atoms with Crippen LogP contribution in [-0.4, -0.2) is 23.3 Å². The van der Waals surface area contributed by atoms with Crippen LogP contribution in [0.3, 0.4) is 0 Å². The Morgan fingerprint density at radius 1 is 1.33 bits per heavy atom. The minimum atomic E-state index is -0.747. The van der Waals surface area contributed by atoms with Gasteiger partial charge in [-0.25, -0.2) is 14.3 Å². The molecular formula is C12H9FN2O3. The molecule has 2 aromatic rings. The molecule has 1 heterocycles. The van der Waals surface area contributed by atoms with Crippen LogP contribution in [-0.2, 0) is 4.74 Å². The predicted molar refractivity (Wildman–Crippen MR) is 61.6 cm³/mol. The number of nitrogens with one attached hydrogen (secondary N) is 1. The number of H-pyrrole nitrogens is 1. The predicted octanol–water partition coefficient (Wildman–Crippen LogP) is 1.36. The number of rotatable bonds is 2. The molecule has 0 aliphatic carbocycles. The normalized spacial score (nSPS) is 10.1. The largest absolute Gasteiger partial charge is 0.465 e. The molecule has 6 heteroatoms. The van der Waals surface area contributed by atoms with Crippen molar-refractivity contribution < 1.29 is 13.9 Å². The first-order valence-electron chi connectivity index (χ1n) is 5.05. The van der Waals surface area contributed by atoms with Gasteiger partial charge in [0, 0.05) is 11.6 Å². The van der Waals surface area contributed by atoms with Crippen molar-refractivity contribution in [3.63, 3.8) is 0 Å². The fourth-order valence-corrected chi connectivity index (χ4v) is 1.50. The van der Waals surface area contributed by atoms with Crippen LogP contribution in [0.4, 0.5) is 4.39 Å². The van der Waals surface area contributed by atoms with Crippen molar-refractivity contribution in [2.45, 2.75) is 0 Å². The first-order chi connectivity index (χ1) is 8.61. The van der Waals surface area contributed by atoms with E-state index in [4.69, 9.17) is 0 Å². The number of carbonyl (C=O) groups excluding carboxylic acids is 1. The molecule has 0 bridgehead atoms. The maximum atomic E-state index is 13.7. The smallest absolute Gasteiger partial charge is 0.340 e. The fourth-order valence-electron chi connectivity index (χ4n) is 1.50. The van der Waals surface area contributed by atoms with Gasteiger partial charge in [0.05, 0.1) is 18.9 Å². The second-order valence-electron chi connectivity index (χ2n) is 3.52. The second-order valence-corrected chi connectivity index (χ2v) is 3.52. The van der Waals surface area contributed by atoms with Crippen molar-refractivity contribution in [3.05, 3.63) is 52.2 Å². The lowest BCUT2D eigenvalue weighted by Crippen LogP contribution is -2.06. The van der Waals surface area contributed by atoms with Gasteiger partial charge in [0.2, 0.25) is 0 Å². The molecule has 0 radical (unpaired) electrons. The first-order valence-corrected chi connectivity index (χ1v) is 5.05. The van der Waals surface area contributed by atoms with Gasteiger partial charge in [-0.3, -0.25) is 4.79 Å². The number of esters is 1. The van der Waals surface area contributed by atoms with Crippen molar-refractivity contribution in [1.29, 1.82) is 0 Å². The Balaban J connectivity index is 2.46. The highest BCUT2D eigenvalue weighted by Gasteiger charge is 2.13. The lowest BCUT2D eigenvalue weighted by molar-refractivity contribution is 0.0595. The highest BCUT2D eigenvalue weighted by molar-refractivity contribution is 5.90. The molecule has 0 fully saturated rings. The molecule has 5 nitrogen and oxygen atoms in total. The van der Waals surface area contributed by atoms with Crippen LogP contribution in [0.15, 0.2) is 35.3 Å². The SMILES string of the molecule is COC(=O)c1ccc(-c2cn[nH]c(=O)c2)cc1F. The number of hydrogen-bond donors (Lipinski definition) is 1. The Kier molecular flexibility index (Phi) is 3.18. The van der Waals surface area contributed by atoms with Crippen molar-refractivity contribution >= 4 is 5.97 Å². The number of halogens is 1. The Morgan fingerprint density at radius 2 is 2.11 bits per heavy atom. The van der Waals surface area contributed by atoms with E-state index < -0.39 is 11.8 Å². The van der Waals surface area contributed by atoms with Crippen LogP contribution in [0.5, 0.6) is 0 Å². The second kappa shape index (κ2) is 4.79. The summed E-state index contributed by atoms with van der Waals surface area (Å²) in [5.41, 5.74) is 0.386. The summed E-state index contributed by atoms with van der Waals surface area (Å²) in [6.07, 6.45) is 1.40. The third-order valence-electron chi connectivity index (χ3n) is 2.37. The number of ether oxygens (including phenoxy) is 1. The first kappa shape index (κ1) is 12.0. The van der Waals surface area contributed by atoms with Gasteiger partial charge in [-0.05, 0) is 17.7 Å². The quantitative estimate of drug-likeness (QED) is 0.814. The van der Waals surface area contributed by atoms with Gasteiger partial charge in [-0.2, -0.15) is 5.10 Å². The third-order valence-corrected chi connectivity index (χ3v) is 2.37. The van der Waals surface area contributed by atoms with Gasteiger partial charge in [-0.15, -0.1) is 0 Å². The molecule has 0 atom stereocenters. The van der Waals surface area contributed by atoms with Gasteiger partial charge >= 0.3 is 5.97 Å². The molecule has 0 unspecified atom stereocenters. The number of hydrogen-bond acceptors (Lipinski definition) is 4. The maximum absolute atomic E-state index is 13.7. The van der Waals surface area contributed by atoms with Gasteiger partial charge in [-0.1, -0.05) is 6.07 Å². The van der Waals surface area contributed by atoms with Crippen LogP contribution >= 0.6 is 0 Å². The van der Waals surface area contributed by atoms with Crippen LogP contribution < -0.4 is 5.56 Å². The van der Waals surface area contributed by atoms with E-state index in [1.54, 1.807) is 0 Å². The summed E-state index contributed by atoms with van der Waals surface area (Å²) in [4.78, 5) is 22.3. The summed E-state index contributed by atoms with van der Waals surface area (Å²) in [6, 6.07) is 5.27. The summed E-state index contributed by atoms with van der Waals surface area (Å²) in [6.45, 7) is 0. The van der Waals surface area contributed by atoms with E-state index in [0.717, 1.165) is 6.07 Å². The lowest BCUT2D eigenvalue weighted by Gasteiger charge is -2.04. The Morgan fingerprint density at radius 3 is 2.72 bits per heavy atom. The van der Waals surface area contributed by atoms with E-state index in [1.165, 1.54) is 31.5 Å². The maximum Gasteiger partial charge on any atom is 0.340 e. The van der Waals surface area contributed by atoms with Gasteiger partial charge in [0.1, 0.15) is 5.82 Å². The number of methoxy groups -OCH3 is 1. The Bertz CT molecular complexity index is 652. The van der Waals surface area contributed by atoms with E-state index in [-0.39, 0.29) is 11.1 Å². The van der Waals surface area contributed by atoms with Gasteiger partial charge in [0.15, 0.2) is 0 Å². The molecular weight excluding hydrogens is 239 g/mol. The fraction of sp³-hybridized carbons (Fsp3) is 0.0833. The van der Waals surface area contributed by atoms with Crippen molar-refractivity contribution in [3.8, 4) is 11.1 Å². The molecule has 0 aliphatic heterocycles. The highest BCUT2D eigenvalue weighted by Crippen LogP contribution is 2.20. The van der Waals surface area contributed by atoms with Crippen LogP contribution in [0.2, 0.25) is 0 Å². The van der Waals surface area contributed by atoms with Crippen molar-refractivity contribution in [2.24, 2.45) is 0 Å². The Labute approximate surface area is 101 Å². The summed E-state index contributed by atoms with van der Waals surface area (Å²) in [5, 5.41) is 5.83. The minimum Gasteiger partial charge on any atom is -0.465 e. The summed E-state index contributed by atoms with van der Waals surface area (Å²) >= 11 is 0. The molecule has 1 aromatic carbocycles. The number of carbonyl (C=O) groups is 1. The van der Waals surface area contributed by atoms with E-state index >= 15 is 0 Å². The third kappa shape index (κ3) is 2.27. The van der Waals surface area contributed by atoms with E-state index in [1.807, 2.05) is 0 Å². The zero-order valence-electron chi connectivity index (χ0n) is 9.44. The highest BCUT2D eigenvalue weighted by atomic mass is 19.1. The van der Waals surface area contributed by atoms with Crippen LogP contribution in [0.25, 0.3) is 11.1 Å². The molecule has 1 N–H and O–H groups in total. The minimum absolute atomic E-state index is 0.154. The summed E-state index contributed by atoms with van der Waals surface area (Å²) in [7, 11) is 1.18. The molecule has 0 amide bonds. The molecule has 0 aliphatic rings.